The first-order valence-corrected chi connectivity index (χ1v) is 6.30. The summed E-state index contributed by atoms with van der Waals surface area (Å²) in [6.45, 7) is 0.583. The number of hydrogen-bond acceptors (Lipinski definition) is 4. The van der Waals surface area contributed by atoms with Crippen LogP contribution in [0.3, 0.4) is 0 Å². The summed E-state index contributed by atoms with van der Waals surface area (Å²) in [6.07, 6.45) is 3.43. The Labute approximate surface area is 108 Å². The van der Waals surface area contributed by atoms with Crippen LogP contribution in [0.5, 0.6) is 0 Å². The van der Waals surface area contributed by atoms with Crippen LogP contribution in [0.4, 0.5) is 0 Å². The van der Waals surface area contributed by atoms with Gasteiger partial charge in [-0.1, -0.05) is 0 Å². The van der Waals surface area contributed by atoms with Crippen LogP contribution in [0.25, 0.3) is 0 Å². The summed E-state index contributed by atoms with van der Waals surface area (Å²) in [7, 11) is 4.02. The van der Waals surface area contributed by atoms with Gasteiger partial charge in [-0.25, -0.2) is 0 Å². The van der Waals surface area contributed by atoms with Crippen LogP contribution in [0, 0.1) is 0 Å². The van der Waals surface area contributed by atoms with E-state index < -0.39 is 12.0 Å². The van der Waals surface area contributed by atoms with Crippen molar-refractivity contribution in [3.05, 3.63) is 0 Å². The molecular weight excluding hydrogens is 234 g/mol. The second-order valence-corrected chi connectivity index (χ2v) is 5.23. The third kappa shape index (κ3) is 3.68. The van der Waals surface area contributed by atoms with Crippen molar-refractivity contribution < 1.29 is 14.7 Å². The molecule has 0 heterocycles. The molecule has 6 nitrogen and oxygen atoms in total. The van der Waals surface area contributed by atoms with Crippen LogP contribution in [0.2, 0.25) is 0 Å². The molecule has 104 valence electrons. The zero-order valence-electron chi connectivity index (χ0n) is 11.1. The lowest BCUT2D eigenvalue weighted by Gasteiger charge is -2.47. The summed E-state index contributed by atoms with van der Waals surface area (Å²) in [5.41, 5.74) is 5.70. The normalized spacial score (nSPS) is 19.1. The van der Waals surface area contributed by atoms with Crippen molar-refractivity contribution in [3.63, 3.8) is 0 Å². The number of amides is 1. The molecule has 0 saturated heterocycles. The SMILES string of the molecule is CN(C)C1(CNC(=O)C(N)CCC(=O)O)CCC1. The van der Waals surface area contributed by atoms with Crippen molar-refractivity contribution in [1.82, 2.24) is 10.2 Å². The van der Waals surface area contributed by atoms with Gasteiger partial charge in [-0.2, -0.15) is 0 Å². The molecule has 0 aromatic carbocycles. The van der Waals surface area contributed by atoms with Gasteiger partial charge in [0.2, 0.25) is 5.91 Å². The van der Waals surface area contributed by atoms with Crippen molar-refractivity contribution in [2.75, 3.05) is 20.6 Å². The molecule has 1 saturated carbocycles. The Kier molecular flexibility index (Phi) is 5.10. The summed E-state index contributed by atoms with van der Waals surface area (Å²) < 4.78 is 0. The van der Waals surface area contributed by atoms with Crippen molar-refractivity contribution in [1.29, 1.82) is 0 Å². The molecule has 4 N–H and O–H groups in total. The van der Waals surface area contributed by atoms with Crippen LogP contribution in [-0.4, -0.2) is 54.1 Å². The van der Waals surface area contributed by atoms with Crippen molar-refractivity contribution in [3.8, 4) is 0 Å². The van der Waals surface area contributed by atoms with Gasteiger partial charge in [-0.05, 0) is 39.8 Å². The first-order valence-electron chi connectivity index (χ1n) is 6.30. The van der Waals surface area contributed by atoms with E-state index in [2.05, 4.69) is 10.2 Å². The lowest BCUT2D eigenvalue weighted by atomic mass is 9.75. The molecule has 0 radical (unpaired) electrons. The van der Waals surface area contributed by atoms with Crippen LogP contribution in [-0.2, 0) is 9.59 Å². The second-order valence-electron chi connectivity index (χ2n) is 5.23. The predicted molar refractivity (Wildman–Crippen MR) is 68.1 cm³/mol. The Balaban J connectivity index is 2.33. The molecule has 1 amide bonds. The highest BCUT2D eigenvalue weighted by Crippen LogP contribution is 2.35. The van der Waals surface area contributed by atoms with Crippen LogP contribution >= 0.6 is 0 Å². The Morgan fingerprint density at radius 1 is 1.44 bits per heavy atom. The zero-order chi connectivity index (χ0) is 13.8. The number of likely N-dealkylation sites (N-methyl/N-ethyl adjacent to an activating group) is 1. The highest BCUT2D eigenvalue weighted by molar-refractivity contribution is 5.82. The van der Waals surface area contributed by atoms with Crippen LogP contribution in [0.1, 0.15) is 32.1 Å². The quantitative estimate of drug-likeness (QED) is 0.586. The maximum atomic E-state index is 11.7. The number of hydrogen-bond donors (Lipinski definition) is 3. The third-order valence-corrected chi connectivity index (χ3v) is 3.83. The Hall–Kier alpha value is -1.14. The van der Waals surface area contributed by atoms with Gasteiger partial charge in [0, 0.05) is 18.5 Å². The topological polar surface area (TPSA) is 95.7 Å². The standard InChI is InChI=1S/C12H23N3O3/c1-15(2)12(6-3-7-12)8-14-11(18)9(13)4-5-10(16)17/h9H,3-8,13H2,1-2H3,(H,14,18)(H,16,17). The third-order valence-electron chi connectivity index (χ3n) is 3.83. The zero-order valence-corrected chi connectivity index (χ0v) is 11.1. The number of nitrogens with two attached hydrogens (primary N) is 1. The minimum atomic E-state index is -0.929. The molecule has 18 heavy (non-hydrogen) atoms. The summed E-state index contributed by atoms with van der Waals surface area (Å²) in [5, 5.41) is 11.4. The molecule has 0 aliphatic heterocycles. The number of carbonyl (C=O) groups excluding carboxylic acids is 1. The minimum absolute atomic E-state index is 0.0577. The van der Waals surface area contributed by atoms with Crippen molar-refractivity contribution >= 4 is 11.9 Å². The van der Waals surface area contributed by atoms with Gasteiger partial charge in [0.1, 0.15) is 0 Å². The Bertz CT molecular complexity index is 314. The summed E-state index contributed by atoms with van der Waals surface area (Å²) >= 11 is 0. The monoisotopic (exact) mass is 257 g/mol. The van der Waals surface area contributed by atoms with Gasteiger partial charge < -0.3 is 21.1 Å². The van der Waals surface area contributed by atoms with E-state index in [9.17, 15) is 9.59 Å². The van der Waals surface area contributed by atoms with E-state index in [1.165, 1.54) is 6.42 Å². The van der Waals surface area contributed by atoms with Crippen LogP contribution < -0.4 is 11.1 Å². The second kappa shape index (κ2) is 6.15. The van der Waals surface area contributed by atoms with E-state index in [0.717, 1.165) is 12.8 Å². The predicted octanol–water partition coefficient (Wildman–Crippen LogP) is -0.221. The molecular formula is C12H23N3O3. The van der Waals surface area contributed by atoms with E-state index in [1.54, 1.807) is 0 Å². The molecule has 1 unspecified atom stereocenters. The molecule has 1 atom stereocenters. The van der Waals surface area contributed by atoms with E-state index in [-0.39, 0.29) is 24.3 Å². The smallest absolute Gasteiger partial charge is 0.303 e. The van der Waals surface area contributed by atoms with Gasteiger partial charge in [0.05, 0.1) is 6.04 Å². The summed E-state index contributed by atoms with van der Waals surface area (Å²) in [4.78, 5) is 24.3. The fourth-order valence-corrected chi connectivity index (χ4v) is 2.16. The number of aliphatic carboxylic acids is 1. The molecule has 0 bridgehead atoms. The molecule has 0 aromatic rings. The summed E-state index contributed by atoms with van der Waals surface area (Å²) in [6, 6.07) is -0.736. The molecule has 1 aliphatic rings. The van der Waals surface area contributed by atoms with Gasteiger partial charge in [0.25, 0.3) is 0 Å². The van der Waals surface area contributed by atoms with E-state index >= 15 is 0 Å². The number of rotatable bonds is 7. The van der Waals surface area contributed by atoms with E-state index in [0.29, 0.717) is 6.54 Å². The molecule has 1 fully saturated rings. The van der Waals surface area contributed by atoms with Gasteiger partial charge in [-0.3, -0.25) is 9.59 Å². The molecule has 6 heteroatoms. The lowest BCUT2D eigenvalue weighted by Crippen LogP contribution is -2.58. The first kappa shape index (κ1) is 14.9. The molecule has 1 aliphatic carbocycles. The highest BCUT2D eigenvalue weighted by Gasteiger charge is 2.39. The first-order chi connectivity index (χ1) is 8.37. The van der Waals surface area contributed by atoms with Gasteiger partial charge in [-0.15, -0.1) is 0 Å². The number of carboxylic acids is 1. The lowest BCUT2D eigenvalue weighted by molar-refractivity contribution is -0.137. The largest absolute Gasteiger partial charge is 0.481 e. The van der Waals surface area contributed by atoms with E-state index in [4.69, 9.17) is 10.8 Å². The van der Waals surface area contributed by atoms with Gasteiger partial charge in [0.15, 0.2) is 0 Å². The van der Waals surface area contributed by atoms with E-state index in [1.807, 2.05) is 14.1 Å². The number of carbonyl (C=O) groups is 2. The molecule has 0 aromatic heterocycles. The minimum Gasteiger partial charge on any atom is -0.481 e. The van der Waals surface area contributed by atoms with Crippen LogP contribution in [0.15, 0.2) is 0 Å². The summed E-state index contributed by atoms with van der Waals surface area (Å²) in [5.74, 6) is -1.19. The maximum absolute atomic E-state index is 11.7. The average Bonchev–Trinajstić information content (AvgIpc) is 2.23. The van der Waals surface area contributed by atoms with Crippen molar-refractivity contribution in [2.45, 2.75) is 43.7 Å². The maximum Gasteiger partial charge on any atom is 0.303 e. The highest BCUT2D eigenvalue weighted by atomic mass is 16.4. The number of nitrogens with one attached hydrogen (secondary N) is 1. The number of nitrogens with zero attached hydrogens (tertiary/aromatic N) is 1. The van der Waals surface area contributed by atoms with Crippen molar-refractivity contribution in [2.24, 2.45) is 5.73 Å². The fourth-order valence-electron chi connectivity index (χ4n) is 2.16. The van der Waals surface area contributed by atoms with Gasteiger partial charge >= 0.3 is 5.97 Å². The fraction of sp³-hybridized carbons (Fsp3) is 0.833. The number of carboxylic acid groups (broad SMARTS) is 1. The molecule has 1 rings (SSSR count). The Morgan fingerprint density at radius 3 is 2.44 bits per heavy atom. The molecule has 0 spiro atoms. The average molecular weight is 257 g/mol. The Morgan fingerprint density at radius 2 is 2.06 bits per heavy atom.